The lowest BCUT2D eigenvalue weighted by Gasteiger charge is -2.23. The van der Waals surface area contributed by atoms with Crippen LogP contribution in [-0.2, 0) is 4.57 Å². The molecule has 57 heavy (non-hydrogen) atoms. The summed E-state index contributed by atoms with van der Waals surface area (Å²) in [5.41, 5.74) is 10.7. The van der Waals surface area contributed by atoms with Crippen molar-refractivity contribution < 1.29 is 4.57 Å². The van der Waals surface area contributed by atoms with E-state index in [0.29, 0.717) is 5.82 Å². The molecule has 4 nitrogen and oxygen atoms in total. The van der Waals surface area contributed by atoms with Crippen LogP contribution < -0.4 is 15.9 Å². The maximum atomic E-state index is 16.4. The van der Waals surface area contributed by atoms with Gasteiger partial charge in [0.25, 0.3) is 0 Å². The highest BCUT2D eigenvalue weighted by Gasteiger charge is 2.40. The van der Waals surface area contributed by atoms with Gasteiger partial charge in [-0.1, -0.05) is 176 Å². The molecular weight excluding hydrogens is 714 g/mol. The van der Waals surface area contributed by atoms with Crippen LogP contribution in [0.3, 0.4) is 0 Å². The molecule has 11 rings (SSSR count). The molecule has 5 heteroatoms. The minimum absolute atomic E-state index is 0.645. The smallest absolute Gasteiger partial charge is 0.172 e. The molecule has 0 N–H and O–H groups in total. The third kappa shape index (κ3) is 5.33. The number of aromatic nitrogens is 3. The fourth-order valence-electron chi connectivity index (χ4n) is 8.60. The van der Waals surface area contributed by atoms with E-state index in [1.165, 1.54) is 0 Å². The molecule has 0 amide bonds. The molecule has 8 aromatic carbocycles. The number of nitrogens with zero attached hydrogens (tertiary/aromatic N) is 3. The standard InChI is InChI=1S/C52H34N3OP/c56-57(41-31-30-35-16-7-8-21-38(35)33-41)48-28-13-10-25-43(48)50-42-24-9-12-27-47(42)55(51(50)44-26-11-14-29-49(44)57)40-23-15-22-39(32-40)52-53-45(36-17-3-1-4-18-36)34-46(54-52)37-19-5-2-6-20-37/h1-34H. The van der Waals surface area contributed by atoms with E-state index in [9.17, 15) is 0 Å². The Morgan fingerprint density at radius 3 is 1.75 bits per heavy atom. The number of para-hydroxylation sites is 1. The zero-order chi connectivity index (χ0) is 37.9. The molecule has 1 atom stereocenters. The predicted octanol–water partition coefficient (Wildman–Crippen LogP) is 11.9. The molecule has 1 aliphatic rings. The highest BCUT2D eigenvalue weighted by Crippen LogP contribution is 2.54. The van der Waals surface area contributed by atoms with Gasteiger partial charge in [-0.2, -0.15) is 0 Å². The molecule has 1 unspecified atom stereocenters. The van der Waals surface area contributed by atoms with Gasteiger partial charge in [-0.15, -0.1) is 0 Å². The molecule has 0 bridgehead atoms. The summed E-state index contributed by atoms with van der Waals surface area (Å²) in [7, 11) is -3.39. The summed E-state index contributed by atoms with van der Waals surface area (Å²) in [5, 5.41) is 5.80. The predicted molar refractivity (Wildman–Crippen MR) is 237 cm³/mol. The van der Waals surface area contributed by atoms with Crippen LogP contribution in [-0.4, -0.2) is 14.5 Å². The summed E-state index contributed by atoms with van der Waals surface area (Å²) in [4.78, 5) is 10.3. The Morgan fingerprint density at radius 1 is 0.439 bits per heavy atom. The van der Waals surface area contributed by atoms with Gasteiger partial charge in [-0.25, -0.2) is 9.97 Å². The van der Waals surface area contributed by atoms with Gasteiger partial charge < -0.3 is 9.13 Å². The molecule has 3 heterocycles. The fraction of sp³-hybridized carbons (Fsp3) is 0. The van der Waals surface area contributed by atoms with Crippen molar-refractivity contribution in [1.29, 1.82) is 0 Å². The van der Waals surface area contributed by atoms with Gasteiger partial charge in [0.05, 0.1) is 22.6 Å². The molecule has 0 fully saturated rings. The highest BCUT2D eigenvalue weighted by atomic mass is 31.2. The molecule has 0 spiro atoms. The molecule has 1 aliphatic heterocycles. The van der Waals surface area contributed by atoms with E-state index in [2.05, 4.69) is 150 Å². The minimum Gasteiger partial charge on any atom is -0.309 e. The van der Waals surface area contributed by atoms with Crippen molar-refractivity contribution in [2.24, 2.45) is 0 Å². The van der Waals surface area contributed by atoms with Crippen molar-refractivity contribution in [3.63, 3.8) is 0 Å². The van der Waals surface area contributed by atoms with Crippen LogP contribution in [0, 0.1) is 0 Å². The second-order valence-electron chi connectivity index (χ2n) is 14.5. The van der Waals surface area contributed by atoms with Crippen LogP contribution in [0.1, 0.15) is 0 Å². The van der Waals surface area contributed by atoms with Crippen LogP contribution in [0.5, 0.6) is 0 Å². The van der Waals surface area contributed by atoms with Gasteiger partial charge in [0, 0.05) is 54.8 Å². The van der Waals surface area contributed by atoms with Gasteiger partial charge in [-0.05, 0) is 46.7 Å². The molecule has 0 saturated heterocycles. The molecule has 0 radical (unpaired) electrons. The molecule has 2 aromatic heterocycles. The van der Waals surface area contributed by atoms with Crippen molar-refractivity contribution in [3.8, 4) is 62.0 Å². The van der Waals surface area contributed by atoms with Gasteiger partial charge >= 0.3 is 0 Å². The highest BCUT2D eigenvalue weighted by molar-refractivity contribution is 7.85. The van der Waals surface area contributed by atoms with Crippen molar-refractivity contribution >= 4 is 44.7 Å². The van der Waals surface area contributed by atoms with Crippen LogP contribution in [0.2, 0.25) is 0 Å². The summed E-state index contributed by atoms with van der Waals surface area (Å²) in [6.45, 7) is 0. The minimum atomic E-state index is -3.39. The van der Waals surface area contributed by atoms with Crippen molar-refractivity contribution in [2.45, 2.75) is 0 Å². The lowest BCUT2D eigenvalue weighted by molar-refractivity contribution is 0.592. The van der Waals surface area contributed by atoms with E-state index < -0.39 is 7.14 Å². The van der Waals surface area contributed by atoms with Gasteiger partial charge in [0.1, 0.15) is 0 Å². The number of benzene rings is 8. The Bertz CT molecular complexity index is 3170. The van der Waals surface area contributed by atoms with Crippen molar-refractivity contribution in [1.82, 2.24) is 14.5 Å². The molecule has 10 aromatic rings. The van der Waals surface area contributed by atoms with Crippen LogP contribution in [0.4, 0.5) is 0 Å². The first-order valence-corrected chi connectivity index (χ1v) is 20.9. The van der Waals surface area contributed by atoms with Crippen LogP contribution in [0.15, 0.2) is 206 Å². The van der Waals surface area contributed by atoms with Crippen molar-refractivity contribution in [2.75, 3.05) is 0 Å². The topological polar surface area (TPSA) is 47.8 Å². The largest absolute Gasteiger partial charge is 0.309 e. The summed E-state index contributed by atoms with van der Waals surface area (Å²) < 4.78 is 18.8. The van der Waals surface area contributed by atoms with E-state index in [1.807, 2.05) is 60.7 Å². The normalized spacial score (nSPS) is 14.5. The second kappa shape index (κ2) is 13.3. The van der Waals surface area contributed by atoms with E-state index in [4.69, 9.17) is 9.97 Å². The van der Waals surface area contributed by atoms with Gasteiger partial charge in [0.2, 0.25) is 0 Å². The van der Waals surface area contributed by atoms with Crippen LogP contribution in [0.25, 0.3) is 83.6 Å². The Balaban J connectivity index is 1.18. The summed E-state index contributed by atoms with van der Waals surface area (Å²) in [6.07, 6.45) is 0. The third-order valence-electron chi connectivity index (χ3n) is 11.2. The second-order valence-corrected chi connectivity index (χ2v) is 17.2. The van der Waals surface area contributed by atoms with E-state index in [0.717, 1.165) is 93.7 Å². The first-order valence-electron chi connectivity index (χ1n) is 19.2. The molecular formula is C52H34N3OP. The first kappa shape index (κ1) is 33.2. The number of hydrogen-bond acceptors (Lipinski definition) is 3. The summed E-state index contributed by atoms with van der Waals surface area (Å²) >= 11 is 0. The first-order chi connectivity index (χ1) is 28.1. The lowest BCUT2D eigenvalue weighted by Crippen LogP contribution is -2.26. The summed E-state index contributed by atoms with van der Waals surface area (Å²) in [6, 6.07) is 70.9. The quantitative estimate of drug-likeness (QED) is 0.165. The van der Waals surface area contributed by atoms with Gasteiger partial charge in [0.15, 0.2) is 13.0 Å². The average Bonchev–Trinajstić information content (AvgIpc) is 3.60. The Morgan fingerprint density at radius 2 is 1.02 bits per heavy atom. The van der Waals surface area contributed by atoms with Crippen LogP contribution >= 0.6 is 7.14 Å². The lowest BCUT2D eigenvalue weighted by atomic mass is 9.98. The Kier molecular flexibility index (Phi) is 7.73. The third-order valence-corrected chi connectivity index (χ3v) is 14.4. The summed E-state index contributed by atoms with van der Waals surface area (Å²) in [5.74, 6) is 0.645. The fourth-order valence-corrected chi connectivity index (χ4v) is 11.7. The Labute approximate surface area is 330 Å². The number of hydrogen-bond donors (Lipinski definition) is 0. The monoisotopic (exact) mass is 747 g/mol. The molecule has 0 aliphatic carbocycles. The van der Waals surface area contributed by atoms with E-state index in [1.54, 1.807) is 0 Å². The maximum absolute atomic E-state index is 16.4. The van der Waals surface area contributed by atoms with Crippen molar-refractivity contribution in [3.05, 3.63) is 206 Å². The van der Waals surface area contributed by atoms with E-state index in [-0.39, 0.29) is 0 Å². The number of fused-ring (bicyclic) bond motifs is 8. The molecule has 268 valence electrons. The zero-order valence-electron chi connectivity index (χ0n) is 30.8. The van der Waals surface area contributed by atoms with Gasteiger partial charge in [-0.3, -0.25) is 0 Å². The number of rotatable bonds is 5. The molecule has 0 saturated carbocycles. The Hall–Kier alpha value is -7.13. The average molecular weight is 748 g/mol. The maximum Gasteiger partial charge on any atom is 0.172 e. The SMILES string of the molecule is O=P1(c2ccc3ccccc3c2)c2ccccc2-c2c(n(-c3cccc(-c4nc(-c5ccccc5)cc(-c5ccccc5)n4)c3)c3ccccc23)-c2ccccc21. The van der Waals surface area contributed by atoms with E-state index >= 15 is 4.57 Å². The zero-order valence-corrected chi connectivity index (χ0v) is 31.7.